The van der Waals surface area contributed by atoms with Crippen molar-refractivity contribution in [3.05, 3.63) is 0 Å². The van der Waals surface area contributed by atoms with E-state index in [2.05, 4.69) is 33.2 Å². The third-order valence-corrected chi connectivity index (χ3v) is 1.91. The highest BCUT2D eigenvalue weighted by Gasteiger charge is 2.26. The molecule has 1 fully saturated rings. The van der Waals surface area contributed by atoms with Gasteiger partial charge in [0.2, 0.25) is 0 Å². The second kappa shape index (κ2) is 3.11. The van der Waals surface area contributed by atoms with Crippen LogP contribution in [0.4, 0.5) is 0 Å². The van der Waals surface area contributed by atoms with Crippen LogP contribution in [0.5, 0.6) is 0 Å². The van der Waals surface area contributed by atoms with Crippen LogP contribution < -0.4 is 5.48 Å². The van der Waals surface area contributed by atoms with Gasteiger partial charge in [0.1, 0.15) is 0 Å². The van der Waals surface area contributed by atoms with Crippen molar-refractivity contribution in [3.63, 3.8) is 0 Å². The molecule has 0 spiro atoms. The maximum absolute atomic E-state index is 5.43. The average Bonchev–Trinajstić information content (AvgIpc) is 1.75. The predicted octanol–water partition coefficient (Wildman–Crippen LogP) is 2.10. The zero-order valence-electron chi connectivity index (χ0n) is 7.98. The van der Waals surface area contributed by atoms with Crippen LogP contribution >= 0.6 is 0 Å². The maximum Gasteiger partial charge on any atom is 0.0813 e. The molecule has 0 radical (unpaired) electrons. The van der Waals surface area contributed by atoms with E-state index in [-0.39, 0.29) is 5.60 Å². The van der Waals surface area contributed by atoms with Crippen LogP contribution in [-0.4, -0.2) is 11.6 Å². The highest BCUT2D eigenvalue weighted by atomic mass is 16.7. The van der Waals surface area contributed by atoms with Crippen LogP contribution in [0, 0.1) is 5.92 Å². The lowest BCUT2D eigenvalue weighted by Gasteiger charge is -2.35. The Morgan fingerprint density at radius 1 is 1.27 bits per heavy atom. The monoisotopic (exact) mass is 157 g/mol. The topological polar surface area (TPSA) is 21.3 Å². The lowest BCUT2D eigenvalue weighted by molar-refractivity contribution is -0.105. The third kappa shape index (κ3) is 3.21. The minimum Gasteiger partial charge on any atom is -0.296 e. The molecule has 0 aromatic carbocycles. The first kappa shape index (κ1) is 9.01. The molecule has 1 aliphatic carbocycles. The molecule has 0 saturated heterocycles. The number of hydrogen-bond donors (Lipinski definition) is 1. The molecule has 1 rings (SSSR count). The summed E-state index contributed by atoms with van der Waals surface area (Å²) in [5, 5.41) is 0. The van der Waals surface area contributed by atoms with Gasteiger partial charge in [-0.05, 0) is 39.5 Å². The fraction of sp³-hybridized carbons (Fsp3) is 1.00. The molecule has 1 N–H and O–H groups in total. The quantitative estimate of drug-likeness (QED) is 0.620. The first-order chi connectivity index (χ1) is 4.97. The average molecular weight is 157 g/mol. The van der Waals surface area contributed by atoms with Crippen LogP contribution in [0.3, 0.4) is 0 Å². The van der Waals surface area contributed by atoms with Crippen LogP contribution in [0.15, 0.2) is 0 Å². The highest BCUT2D eigenvalue weighted by molar-refractivity contribution is 4.79. The van der Waals surface area contributed by atoms with E-state index in [0.717, 1.165) is 5.92 Å². The van der Waals surface area contributed by atoms with Crippen molar-refractivity contribution in [3.8, 4) is 0 Å². The smallest absolute Gasteiger partial charge is 0.0813 e. The first-order valence-electron chi connectivity index (χ1n) is 4.41. The number of hydroxylamine groups is 1. The predicted molar refractivity (Wildman–Crippen MR) is 46.2 cm³/mol. The van der Waals surface area contributed by atoms with Gasteiger partial charge in [0.15, 0.2) is 0 Å². The van der Waals surface area contributed by atoms with Gasteiger partial charge in [-0.15, -0.1) is 0 Å². The number of rotatable bonds is 2. The van der Waals surface area contributed by atoms with Crippen LogP contribution in [-0.2, 0) is 4.84 Å². The van der Waals surface area contributed by atoms with E-state index in [1.807, 2.05) is 0 Å². The Labute approximate surface area is 69.3 Å². The van der Waals surface area contributed by atoms with Crippen molar-refractivity contribution >= 4 is 0 Å². The number of nitrogens with one attached hydrogen (secondary N) is 1. The summed E-state index contributed by atoms with van der Waals surface area (Å²) in [5.41, 5.74) is 3.03. The Morgan fingerprint density at radius 3 is 2.18 bits per heavy atom. The van der Waals surface area contributed by atoms with Crippen LogP contribution in [0.2, 0.25) is 0 Å². The van der Waals surface area contributed by atoms with E-state index in [4.69, 9.17) is 4.84 Å². The normalized spacial score (nSPS) is 31.6. The van der Waals surface area contributed by atoms with Gasteiger partial charge in [0.05, 0.1) is 5.60 Å². The first-order valence-corrected chi connectivity index (χ1v) is 4.41. The largest absolute Gasteiger partial charge is 0.296 e. The molecule has 0 aromatic rings. The highest BCUT2D eigenvalue weighted by Crippen LogP contribution is 2.26. The van der Waals surface area contributed by atoms with Gasteiger partial charge in [-0.25, -0.2) is 0 Å². The lowest BCUT2D eigenvalue weighted by atomic mass is 9.82. The Balaban J connectivity index is 2.05. The summed E-state index contributed by atoms with van der Waals surface area (Å²) in [6.45, 7) is 8.45. The van der Waals surface area contributed by atoms with Crippen molar-refractivity contribution in [2.24, 2.45) is 5.92 Å². The minimum atomic E-state index is -0.0567. The van der Waals surface area contributed by atoms with E-state index in [1.54, 1.807) is 0 Å². The van der Waals surface area contributed by atoms with E-state index in [1.165, 1.54) is 12.8 Å². The van der Waals surface area contributed by atoms with Gasteiger partial charge < -0.3 is 0 Å². The van der Waals surface area contributed by atoms with Gasteiger partial charge in [-0.3, -0.25) is 4.84 Å². The van der Waals surface area contributed by atoms with Gasteiger partial charge in [0, 0.05) is 6.04 Å². The molecule has 0 aromatic heterocycles. The fourth-order valence-electron chi connectivity index (χ4n) is 1.26. The molecule has 1 saturated carbocycles. The Bertz CT molecular complexity index is 122. The van der Waals surface area contributed by atoms with Gasteiger partial charge in [0.25, 0.3) is 0 Å². The van der Waals surface area contributed by atoms with E-state index in [0.29, 0.717) is 6.04 Å². The molecule has 66 valence electrons. The van der Waals surface area contributed by atoms with Crippen molar-refractivity contribution in [2.45, 2.75) is 52.2 Å². The molecule has 1 aliphatic rings. The molecule has 0 unspecified atom stereocenters. The zero-order valence-corrected chi connectivity index (χ0v) is 7.98. The van der Waals surface area contributed by atoms with Crippen molar-refractivity contribution in [1.82, 2.24) is 5.48 Å². The fourth-order valence-corrected chi connectivity index (χ4v) is 1.26. The minimum absolute atomic E-state index is 0.0567. The van der Waals surface area contributed by atoms with Gasteiger partial charge in [-0.1, -0.05) is 6.92 Å². The molecule has 0 aliphatic heterocycles. The second-order valence-corrected chi connectivity index (χ2v) is 4.61. The molecule has 11 heavy (non-hydrogen) atoms. The van der Waals surface area contributed by atoms with E-state index in [9.17, 15) is 0 Å². The standard InChI is InChI=1S/C9H19NO/c1-7-5-8(6-7)10-11-9(2,3)4/h7-8,10H,5-6H2,1-4H3. The molecule has 2 nitrogen and oxygen atoms in total. The van der Waals surface area contributed by atoms with E-state index >= 15 is 0 Å². The van der Waals surface area contributed by atoms with Crippen molar-refractivity contribution < 1.29 is 4.84 Å². The lowest BCUT2D eigenvalue weighted by Crippen LogP contribution is -2.43. The second-order valence-electron chi connectivity index (χ2n) is 4.61. The summed E-state index contributed by atoms with van der Waals surface area (Å²) in [6, 6.07) is 0.601. The summed E-state index contributed by atoms with van der Waals surface area (Å²) in [4.78, 5) is 5.43. The summed E-state index contributed by atoms with van der Waals surface area (Å²) < 4.78 is 0. The van der Waals surface area contributed by atoms with Crippen molar-refractivity contribution in [2.75, 3.05) is 0 Å². The number of hydrogen-bond acceptors (Lipinski definition) is 2. The molecule has 0 atom stereocenters. The van der Waals surface area contributed by atoms with Crippen molar-refractivity contribution in [1.29, 1.82) is 0 Å². The Hall–Kier alpha value is -0.0800. The van der Waals surface area contributed by atoms with Gasteiger partial charge in [-0.2, -0.15) is 5.48 Å². The molecule has 0 amide bonds. The molecule has 0 heterocycles. The molecular formula is C9H19NO. The molecule has 0 bridgehead atoms. The summed E-state index contributed by atoms with van der Waals surface area (Å²) in [6.07, 6.45) is 2.52. The SMILES string of the molecule is CC1CC(NOC(C)(C)C)C1. The van der Waals surface area contributed by atoms with Gasteiger partial charge >= 0.3 is 0 Å². The van der Waals surface area contributed by atoms with Crippen LogP contribution in [0.1, 0.15) is 40.5 Å². The molecule has 2 heteroatoms. The summed E-state index contributed by atoms with van der Waals surface area (Å²) in [5.74, 6) is 0.885. The maximum atomic E-state index is 5.43. The zero-order chi connectivity index (χ0) is 8.48. The summed E-state index contributed by atoms with van der Waals surface area (Å²) in [7, 11) is 0. The van der Waals surface area contributed by atoms with Crippen LogP contribution in [0.25, 0.3) is 0 Å². The Kier molecular flexibility index (Phi) is 2.55. The Morgan fingerprint density at radius 2 is 1.82 bits per heavy atom. The molecular weight excluding hydrogens is 138 g/mol. The third-order valence-electron chi connectivity index (χ3n) is 1.91. The summed E-state index contributed by atoms with van der Waals surface area (Å²) >= 11 is 0. The van der Waals surface area contributed by atoms with E-state index < -0.39 is 0 Å².